The lowest BCUT2D eigenvalue weighted by atomic mass is 10.4. The van der Waals surface area contributed by atoms with Crippen molar-refractivity contribution < 1.29 is 14.3 Å². The van der Waals surface area contributed by atoms with Gasteiger partial charge in [0, 0.05) is 5.03 Å². The van der Waals surface area contributed by atoms with E-state index in [2.05, 4.69) is 11.3 Å². The highest BCUT2D eigenvalue weighted by molar-refractivity contribution is 6.30. The van der Waals surface area contributed by atoms with Crippen molar-refractivity contribution in [3.63, 3.8) is 0 Å². The van der Waals surface area contributed by atoms with Crippen LogP contribution in [-0.2, 0) is 14.3 Å². The van der Waals surface area contributed by atoms with Gasteiger partial charge in [0.15, 0.2) is 5.78 Å². The number of rotatable bonds is 4. The van der Waals surface area contributed by atoms with Gasteiger partial charge in [-0.1, -0.05) is 18.2 Å². The molecular weight excluding hydrogens is 168 g/mol. The Morgan fingerprint density at radius 1 is 1.55 bits per heavy atom. The summed E-state index contributed by atoms with van der Waals surface area (Å²) < 4.78 is 4.48. The van der Waals surface area contributed by atoms with E-state index < -0.39 is 5.97 Å². The molecule has 0 radical (unpaired) electrons. The highest BCUT2D eigenvalue weighted by Gasteiger charge is 2.04. The largest absolute Gasteiger partial charge is 0.457 e. The second-order valence-electron chi connectivity index (χ2n) is 2.06. The Balaban J connectivity index is 3.53. The molecule has 11 heavy (non-hydrogen) atoms. The molecule has 0 aromatic rings. The number of ether oxygens (including phenoxy) is 1. The summed E-state index contributed by atoms with van der Waals surface area (Å²) in [4.78, 5) is 20.9. The van der Waals surface area contributed by atoms with Gasteiger partial charge in [-0.15, -0.1) is 0 Å². The molecule has 0 unspecified atom stereocenters. The zero-order valence-electron chi connectivity index (χ0n) is 6.22. The van der Waals surface area contributed by atoms with E-state index in [0.29, 0.717) is 0 Å². The summed E-state index contributed by atoms with van der Waals surface area (Å²) in [6.07, 6.45) is -0.0468. The smallest absolute Gasteiger partial charge is 0.311 e. The van der Waals surface area contributed by atoms with Gasteiger partial charge in [-0.05, 0) is 6.92 Å². The van der Waals surface area contributed by atoms with Crippen molar-refractivity contribution in [2.45, 2.75) is 13.3 Å². The van der Waals surface area contributed by atoms with Gasteiger partial charge in [0.25, 0.3) is 0 Å². The molecule has 0 heterocycles. The van der Waals surface area contributed by atoms with E-state index in [1.54, 1.807) is 0 Å². The van der Waals surface area contributed by atoms with Crippen molar-refractivity contribution in [1.29, 1.82) is 0 Å². The van der Waals surface area contributed by atoms with Crippen molar-refractivity contribution in [3.05, 3.63) is 11.6 Å². The molecule has 0 aromatic carbocycles. The third-order valence-corrected chi connectivity index (χ3v) is 0.906. The zero-order valence-corrected chi connectivity index (χ0v) is 6.98. The van der Waals surface area contributed by atoms with Crippen LogP contribution >= 0.6 is 11.6 Å². The van der Waals surface area contributed by atoms with Gasteiger partial charge in [-0.2, -0.15) is 0 Å². The molecule has 0 aromatic heterocycles. The number of esters is 1. The third kappa shape index (κ3) is 7.06. The van der Waals surface area contributed by atoms with E-state index in [4.69, 9.17) is 11.6 Å². The molecule has 0 atom stereocenters. The maximum Gasteiger partial charge on any atom is 0.311 e. The predicted molar refractivity (Wildman–Crippen MR) is 41.3 cm³/mol. The standard InChI is InChI=1S/C7H9ClO3/c1-5(8)3-7(10)11-4-6(2)9/h1,3-4H2,2H3. The summed E-state index contributed by atoms with van der Waals surface area (Å²) in [6, 6.07) is 0. The van der Waals surface area contributed by atoms with E-state index in [1.807, 2.05) is 0 Å². The average Bonchev–Trinajstić information content (AvgIpc) is 1.82. The first-order valence-corrected chi connectivity index (χ1v) is 3.38. The van der Waals surface area contributed by atoms with Crippen LogP contribution in [0.3, 0.4) is 0 Å². The van der Waals surface area contributed by atoms with Gasteiger partial charge in [0.1, 0.15) is 6.61 Å². The molecule has 0 saturated carbocycles. The zero-order chi connectivity index (χ0) is 8.85. The minimum Gasteiger partial charge on any atom is -0.457 e. The maximum atomic E-state index is 10.6. The molecule has 4 heteroatoms. The number of hydrogen-bond acceptors (Lipinski definition) is 3. The van der Waals surface area contributed by atoms with Crippen LogP contribution in [0.2, 0.25) is 0 Å². The van der Waals surface area contributed by atoms with E-state index in [9.17, 15) is 9.59 Å². The summed E-state index contributed by atoms with van der Waals surface area (Å²) in [5.74, 6) is -0.723. The first-order valence-electron chi connectivity index (χ1n) is 3.00. The van der Waals surface area contributed by atoms with Crippen molar-refractivity contribution >= 4 is 23.4 Å². The SMILES string of the molecule is C=C(Cl)CC(=O)OCC(C)=O. The maximum absolute atomic E-state index is 10.6. The van der Waals surface area contributed by atoms with Crippen LogP contribution in [0.15, 0.2) is 11.6 Å². The highest BCUT2D eigenvalue weighted by Crippen LogP contribution is 2.03. The van der Waals surface area contributed by atoms with Crippen LogP contribution in [0.25, 0.3) is 0 Å². The number of hydrogen-bond donors (Lipinski definition) is 0. The van der Waals surface area contributed by atoms with Crippen molar-refractivity contribution in [2.24, 2.45) is 0 Å². The summed E-state index contributed by atoms with van der Waals surface area (Å²) in [5, 5.41) is 0.207. The molecule has 0 saturated heterocycles. The van der Waals surface area contributed by atoms with E-state index in [1.165, 1.54) is 6.92 Å². The molecule has 0 bridgehead atoms. The Morgan fingerprint density at radius 3 is 2.45 bits per heavy atom. The molecule has 0 amide bonds. The Morgan fingerprint density at radius 2 is 2.09 bits per heavy atom. The molecule has 0 aliphatic carbocycles. The summed E-state index contributed by atoms with van der Waals surface area (Å²) in [6.45, 7) is 4.45. The Kier molecular flexibility index (Phi) is 4.54. The quantitative estimate of drug-likeness (QED) is 0.606. The fourth-order valence-corrected chi connectivity index (χ4v) is 0.499. The lowest BCUT2D eigenvalue weighted by molar-refractivity contribution is -0.146. The monoisotopic (exact) mass is 176 g/mol. The molecule has 0 aliphatic rings. The Labute approximate surface area is 70.0 Å². The Bertz CT molecular complexity index is 186. The number of carbonyl (C=O) groups excluding carboxylic acids is 2. The van der Waals surface area contributed by atoms with Crippen LogP contribution in [0.1, 0.15) is 13.3 Å². The van der Waals surface area contributed by atoms with Crippen LogP contribution in [0.4, 0.5) is 0 Å². The van der Waals surface area contributed by atoms with Crippen molar-refractivity contribution in [3.8, 4) is 0 Å². The number of ketones is 1. The fraction of sp³-hybridized carbons (Fsp3) is 0.429. The molecule has 62 valence electrons. The first kappa shape index (κ1) is 10.2. The molecular formula is C7H9ClO3. The third-order valence-electron chi connectivity index (χ3n) is 0.773. The molecule has 0 N–H and O–H groups in total. The average molecular weight is 177 g/mol. The van der Waals surface area contributed by atoms with Gasteiger partial charge in [0.05, 0.1) is 6.42 Å². The van der Waals surface area contributed by atoms with E-state index in [-0.39, 0.29) is 23.8 Å². The lowest BCUT2D eigenvalue weighted by Crippen LogP contribution is -2.10. The Hall–Kier alpha value is -0.830. The van der Waals surface area contributed by atoms with Gasteiger partial charge >= 0.3 is 5.97 Å². The molecule has 3 nitrogen and oxygen atoms in total. The van der Waals surface area contributed by atoms with Crippen LogP contribution in [-0.4, -0.2) is 18.4 Å². The van der Waals surface area contributed by atoms with Crippen molar-refractivity contribution in [1.82, 2.24) is 0 Å². The van der Waals surface area contributed by atoms with Crippen molar-refractivity contribution in [2.75, 3.05) is 6.61 Å². The van der Waals surface area contributed by atoms with E-state index in [0.717, 1.165) is 0 Å². The molecule has 0 spiro atoms. The summed E-state index contributed by atoms with van der Waals surface area (Å²) >= 11 is 5.31. The number of halogens is 1. The van der Waals surface area contributed by atoms with Crippen LogP contribution < -0.4 is 0 Å². The van der Waals surface area contributed by atoms with Gasteiger partial charge in [0.2, 0.25) is 0 Å². The first-order chi connectivity index (χ1) is 5.02. The van der Waals surface area contributed by atoms with Gasteiger partial charge < -0.3 is 4.74 Å². The minimum absolute atomic E-state index is 0.0468. The van der Waals surface area contributed by atoms with Crippen LogP contribution in [0, 0.1) is 0 Å². The second kappa shape index (κ2) is 4.91. The highest BCUT2D eigenvalue weighted by atomic mass is 35.5. The minimum atomic E-state index is -0.528. The number of Topliss-reactive ketones (excluding diaryl/α,β-unsaturated/α-hetero) is 1. The summed E-state index contributed by atoms with van der Waals surface area (Å²) in [5.41, 5.74) is 0. The second-order valence-corrected chi connectivity index (χ2v) is 2.59. The summed E-state index contributed by atoms with van der Waals surface area (Å²) in [7, 11) is 0. The fourth-order valence-electron chi connectivity index (χ4n) is 0.390. The normalized spacial score (nSPS) is 8.91. The molecule has 0 fully saturated rings. The van der Waals surface area contributed by atoms with Gasteiger partial charge in [-0.3, -0.25) is 9.59 Å². The lowest BCUT2D eigenvalue weighted by Gasteiger charge is -1.99. The molecule has 0 aliphatic heterocycles. The van der Waals surface area contributed by atoms with E-state index >= 15 is 0 Å². The van der Waals surface area contributed by atoms with Gasteiger partial charge in [-0.25, -0.2) is 0 Å². The topological polar surface area (TPSA) is 43.4 Å². The van der Waals surface area contributed by atoms with Crippen LogP contribution in [0.5, 0.6) is 0 Å². The number of carbonyl (C=O) groups is 2. The predicted octanol–water partition coefficient (Wildman–Crippen LogP) is 1.26. The molecule has 0 rings (SSSR count).